The Morgan fingerprint density at radius 3 is 2.90 bits per heavy atom. The maximum Gasteiger partial charge on any atom is 0.310 e. The number of piperidine rings is 1. The van der Waals surface area contributed by atoms with E-state index in [9.17, 15) is 14.4 Å². The molecule has 1 aromatic heterocycles. The number of aromatic nitrogens is 1. The lowest BCUT2D eigenvalue weighted by Gasteiger charge is -2.37. The number of nitrogens with one attached hydrogen (secondary N) is 1. The Hall–Kier alpha value is -2.11. The fraction of sp³-hybridized carbons (Fsp3) is 0.533. The Kier molecular flexibility index (Phi) is 3.53. The number of H-pyrrole nitrogens is 1. The average Bonchev–Trinajstić information content (AvgIpc) is 2.63. The highest BCUT2D eigenvalue weighted by molar-refractivity contribution is 5.96. The van der Waals surface area contributed by atoms with E-state index in [2.05, 4.69) is 4.98 Å². The van der Waals surface area contributed by atoms with Gasteiger partial charge in [-0.15, -0.1) is 0 Å². The number of methoxy groups -OCH3 is 1. The van der Waals surface area contributed by atoms with Crippen molar-refractivity contribution in [3.63, 3.8) is 0 Å². The van der Waals surface area contributed by atoms with Gasteiger partial charge in [0, 0.05) is 24.8 Å². The van der Waals surface area contributed by atoms with Crippen LogP contribution in [0.2, 0.25) is 0 Å². The molecule has 1 amide bonds. The lowest BCUT2D eigenvalue weighted by atomic mass is 9.91. The van der Waals surface area contributed by atoms with Crippen LogP contribution in [0.5, 0.6) is 0 Å². The number of nitrogens with zero attached hydrogens (tertiary/aromatic N) is 1. The van der Waals surface area contributed by atoms with E-state index in [0.717, 1.165) is 31.2 Å². The molecule has 1 fully saturated rings. The number of aromatic amines is 1. The number of carbonyl (C=O) groups excluding carboxylic acids is 2. The lowest BCUT2D eigenvalue weighted by Crippen LogP contribution is -2.48. The highest BCUT2D eigenvalue weighted by atomic mass is 16.5. The molecule has 0 unspecified atom stereocenters. The van der Waals surface area contributed by atoms with Gasteiger partial charge in [0.25, 0.3) is 5.91 Å². The van der Waals surface area contributed by atoms with Gasteiger partial charge in [0.05, 0.1) is 18.6 Å². The SMILES string of the molecule is COC(=O)[C@H]1CC[C@H]2CCc3cc(=O)[nH]cc3C(=O)N2C1. The fourth-order valence-electron chi connectivity index (χ4n) is 3.33. The number of ether oxygens (including phenoxy) is 1. The first-order chi connectivity index (χ1) is 10.1. The van der Waals surface area contributed by atoms with Gasteiger partial charge in [-0.05, 0) is 31.2 Å². The Morgan fingerprint density at radius 1 is 1.33 bits per heavy atom. The largest absolute Gasteiger partial charge is 0.469 e. The van der Waals surface area contributed by atoms with Crippen LogP contribution in [0.1, 0.15) is 35.2 Å². The maximum atomic E-state index is 12.7. The number of amides is 1. The van der Waals surface area contributed by atoms with Gasteiger partial charge in [0.1, 0.15) is 0 Å². The molecule has 0 radical (unpaired) electrons. The highest BCUT2D eigenvalue weighted by Crippen LogP contribution is 2.30. The molecule has 21 heavy (non-hydrogen) atoms. The number of hydrogen-bond donors (Lipinski definition) is 1. The first-order valence-electron chi connectivity index (χ1n) is 7.20. The van der Waals surface area contributed by atoms with Crippen molar-refractivity contribution >= 4 is 11.9 Å². The van der Waals surface area contributed by atoms with Crippen molar-refractivity contribution in [1.82, 2.24) is 9.88 Å². The minimum atomic E-state index is -0.257. The summed E-state index contributed by atoms with van der Waals surface area (Å²) in [7, 11) is 1.37. The van der Waals surface area contributed by atoms with Crippen LogP contribution < -0.4 is 5.56 Å². The number of esters is 1. The summed E-state index contributed by atoms with van der Waals surface area (Å²) in [6, 6.07) is 1.64. The summed E-state index contributed by atoms with van der Waals surface area (Å²) in [5.41, 5.74) is 1.16. The Balaban J connectivity index is 1.91. The summed E-state index contributed by atoms with van der Waals surface area (Å²) in [6.45, 7) is 0.398. The van der Waals surface area contributed by atoms with Crippen LogP contribution in [0.4, 0.5) is 0 Å². The Morgan fingerprint density at radius 2 is 2.14 bits per heavy atom. The van der Waals surface area contributed by atoms with Crippen LogP contribution >= 0.6 is 0 Å². The van der Waals surface area contributed by atoms with E-state index in [-0.39, 0.29) is 29.4 Å². The standard InChI is InChI=1S/C15H18N2O4/c1-21-15(20)10-3-5-11-4-2-9-6-13(18)16-7-12(9)14(19)17(11)8-10/h6-7,10-11H,2-5,8H2,1H3,(H,16,18)/t10-,11+/m0/s1. The zero-order valence-electron chi connectivity index (χ0n) is 11.9. The zero-order valence-corrected chi connectivity index (χ0v) is 11.9. The molecule has 3 rings (SSSR count). The number of pyridine rings is 1. The van der Waals surface area contributed by atoms with Crippen molar-refractivity contribution in [2.75, 3.05) is 13.7 Å². The molecule has 0 spiro atoms. The zero-order chi connectivity index (χ0) is 15.0. The van der Waals surface area contributed by atoms with Crippen LogP contribution in [0, 0.1) is 5.92 Å². The molecule has 1 saturated heterocycles. The third-order valence-corrected chi connectivity index (χ3v) is 4.49. The first-order valence-corrected chi connectivity index (χ1v) is 7.20. The van der Waals surface area contributed by atoms with Gasteiger partial charge in [0.2, 0.25) is 5.56 Å². The second-order valence-electron chi connectivity index (χ2n) is 5.68. The lowest BCUT2D eigenvalue weighted by molar-refractivity contribution is -0.147. The summed E-state index contributed by atoms with van der Waals surface area (Å²) in [5, 5.41) is 0. The topological polar surface area (TPSA) is 79.5 Å². The van der Waals surface area contributed by atoms with Gasteiger partial charge >= 0.3 is 5.97 Å². The number of rotatable bonds is 1. The minimum absolute atomic E-state index is 0.0997. The molecular weight excluding hydrogens is 272 g/mol. The van der Waals surface area contributed by atoms with E-state index in [0.29, 0.717) is 12.1 Å². The van der Waals surface area contributed by atoms with Crippen molar-refractivity contribution in [1.29, 1.82) is 0 Å². The molecule has 2 atom stereocenters. The summed E-state index contributed by atoms with van der Waals surface area (Å²) in [5.74, 6) is -0.607. The van der Waals surface area contributed by atoms with Gasteiger partial charge in [-0.2, -0.15) is 0 Å². The fourth-order valence-corrected chi connectivity index (χ4v) is 3.33. The van der Waals surface area contributed by atoms with Crippen LogP contribution in [-0.2, 0) is 16.0 Å². The Labute approximate surface area is 122 Å². The van der Waals surface area contributed by atoms with Crippen molar-refractivity contribution in [3.05, 3.63) is 33.7 Å². The predicted molar refractivity (Wildman–Crippen MR) is 74.9 cm³/mol. The van der Waals surface area contributed by atoms with Crippen molar-refractivity contribution in [3.8, 4) is 0 Å². The predicted octanol–water partition coefficient (Wildman–Crippen LogP) is 0.715. The molecule has 2 aliphatic heterocycles. The van der Waals surface area contributed by atoms with Gasteiger partial charge in [-0.1, -0.05) is 0 Å². The monoisotopic (exact) mass is 290 g/mol. The number of fused-ring (bicyclic) bond motifs is 2. The molecule has 1 N–H and O–H groups in total. The maximum absolute atomic E-state index is 12.7. The molecule has 0 saturated carbocycles. The summed E-state index contributed by atoms with van der Waals surface area (Å²) < 4.78 is 4.80. The molecule has 0 aliphatic carbocycles. The molecule has 112 valence electrons. The van der Waals surface area contributed by atoms with E-state index in [4.69, 9.17) is 4.74 Å². The molecular formula is C15H18N2O4. The number of hydrogen-bond acceptors (Lipinski definition) is 4. The second-order valence-corrected chi connectivity index (χ2v) is 5.68. The molecule has 0 aromatic carbocycles. The van der Waals surface area contributed by atoms with Crippen LogP contribution in [0.25, 0.3) is 0 Å². The Bertz CT molecular complexity index is 637. The summed E-state index contributed by atoms with van der Waals surface area (Å²) >= 11 is 0. The van der Waals surface area contributed by atoms with E-state index < -0.39 is 0 Å². The van der Waals surface area contributed by atoms with Crippen molar-refractivity contribution in [2.24, 2.45) is 5.92 Å². The quantitative estimate of drug-likeness (QED) is 0.773. The van der Waals surface area contributed by atoms with E-state index in [1.807, 2.05) is 0 Å². The molecule has 6 heteroatoms. The molecule has 2 aliphatic rings. The van der Waals surface area contributed by atoms with Gasteiger partial charge in [-0.3, -0.25) is 14.4 Å². The second kappa shape index (κ2) is 5.35. The summed E-state index contributed by atoms with van der Waals surface area (Å²) in [4.78, 5) is 40.2. The van der Waals surface area contributed by atoms with Crippen molar-refractivity contribution < 1.29 is 14.3 Å². The number of carbonyl (C=O) groups is 2. The first kappa shape index (κ1) is 13.9. The van der Waals surface area contributed by atoms with Gasteiger partial charge in [0.15, 0.2) is 0 Å². The third-order valence-electron chi connectivity index (χ3n) is 4.49. The summed E-state index contributed by atoms with van der Waals surface area (Å²) in [6.07, 6.45) is 4.58. The van der Waals surface area contributed by atoms with Crippen molar-refractivity contribution in [2.45, 2.75) is 31.7 Å². The van der Waals surface area contributed by atoms with E-state index in [1.165, 1.54) is 19.4 Å². The molecule has 1 aromatic rings. The molecule has 6 nitrogen and oxygen atoms in total. The minimum Gasteiger partial charge on any atom is -0.469 e. The van der Waals surface area contributed by atoms with E-state index in [1.54, 1.807) is 4.90 Å². The molecule has 3 heterocycles. The van der Waals surface area contributed by atoms with Crippen LogP contribution in [0.3, 0.4) is 0 Å². The average molecular weight is 290 g/mol. The van der Waals surface area contributed by atoms with Crippen LogP contribution in [-0.4, -0.2) is 41.5 Å². The van der Waals surface area contributed by atoms with Gasteiger partial charge in [-0.25, -0.2) is 0 Å². The van der Waals surface area contributed by atoms with E-state index >= 15 is 0 Å². The highest BCUT2D eigenvalue weighted by Gasteiger charge is 2.37. The smallest absolute Gasteiger partial charge is 0.310 e. The van der Waals surface area contributed by atoms with Crippen LogP contribution in [0.15, 0.2) is 17.1 Å². The molecule has 0 bridgehead atoms. The third kappa shape index (κ3) is 2.46. The normalized spacial score (nSPS) is 24.8. The number of aryl methyl sites for hydroxylation is 1. The van der Waals surface area contributed by atoms with Gasteiger partial charge < -0.3 is 14.6 Å².